The van der Waals surface area contributed by atoms with Gasteiger partial charge >= 0.3 is 0 Å². The Balaban J connectivity index is 1.93. The van der Waals surface area contributed by atoms with Crippen LogP contribution in [0.5, 0.6) is 11.5 Å². The van der Waals surface area contributed by atoms with Crippen LogP contribution in [0.15, 0.2) is 48.5 Å². The Morgan fingerprint density at radius 3 is 2.29 bits per heavy atom. The molecule has 0 aromatic heterocycles. The summed E-state index contributed by atoms with van der Waals surface area (Å²) in [6.45, 7) is 4.44. The van der Waals surface area contributed by atoms with Crippen LogP contribution in [-0.2, 0) is 0 Å². The lowest BCUT2D eigenvalue weighted by molar-refractivity contribution is 0.300. The van der Waals surface area contributed by atoms with Crippen LogP contribution in [0.4, 0.5) is 11.4 Å². The normalized spacial score (nSPS) is 10.2. The number of rotatable bonds is 7. The van der Waals surface area contributed by atoms with Gasteiger partial charge in [-0.15, -0.1) is 0 Å². The summed E-state index contributed by atoms with van der Waals surface area (Å²) in [5.74, 6) is 1.53. The van der Waals surface area contributed by atoms with E-state index in [2.05, 4.69) is 11.8 Å². The van der Waals surface area contributed by atoms with Gasteiger partial charge in [-0.2, -0.15) is 0 Å². The molecule has 0 unspecified atom stereocenters. The minimum absolute atomic E-state index is 0.596. The third kappa shape index (κ3) is 4.05. The third-order valence-corrected chi connectivity index (χ3v) is 3.33. The van der Waals surface area contributed by atoms with Gasteiger partial charge in [0.25, 0.3) is 0 Å². The van der Waals surface area contributed by atoms with Crippen LogP contribution in [0.2, 0.25) is 0 Å². The first-order valence-electron chi connectivity index (χ1n) is 7.11. The lowest BCUT2D eigenvalue weighted by atomic mass is 10.2. The molecule has 0 spiro atoms. The molecule has 112 valence electrons. The Kier molecular flexibility index (Phi) is 5.32. The number of nitrogens with two attached hydrogens (primary N) is 1. The van der Waals surface area contributed by atoms with Crippen LogP contribution in [0, 0.1) is 0 Å². The molecule has 0 aliphatic rings. The Bertz CT molecular complexity index is 555. The molecule has 2 aromatic rings. The van der Waals surface area contributed by atoms with E-state index >= 15 is 0 Å². The van der Waals surface area contributed by atoms with Gasteiger partial charge in [-0.1, -0.05) is 12.1 Å². The lowest BCUT2D eigenvalue weighted by Crippen LogP contribution is -2.28. The van der Waals surface area contributed by atoms with Crippen molar-refractivity contribution >= 4 is 11.4 Å². The zero-order valence-electron chi connectivity index (χ0n) is 12.6. The lowest BCUT2D eigenvalue weighted by Gasteiger charge is -2.23. The maximum atomic E-state index is 5.81. The standard InChI is InChI=1S/C17H22N2O2/c1-3-19(15-10-8-14(18)9-11-15)12-13-21-17-7-5-4-6-16(17)20-2/h4-11H,3,12-13,18H2,1-2H3. The molecule has 2 aromatic carbocycles. The van der Waals surface area contributed by atoms with E-state index in [1.165, 1.54) is 0 Å². The highest BCUT2D eigenvalue weighted by Gasteiger charge is 2.06. The van der Waals surface area contributed by atoms with Crippen LogP contribution in [0.25, 0.3) is 0 Å². The predicted molar refractivity (Wildman–Crippen MR) is 87.2 cm³/mol. The molecule has 0 aliphatic heterocycles. The fourth-order valence-electron chi connectivity index (χ4n) is 2.16. The molecular formula is C17H22N2O2. The van der Waals surface area contributed by atoms with Gasteiger partial charge in [-0.05, 0) is 43.3 Å². The quantitative estimate of drug-likeness (QED) is 0.794. The molecule has 0 radical (unpaired) electrons. The SMILES string of the molecule is CCN(CCOc1ccccc1OC)c1ccc(N)cc1. The number of ether oxygens (including phenoxy) is 2. The number of hydrogen-bond acceptors (Lipinski definition) is 4. The summed E-state index contributed by atoms with van der Waals surface area (Å²) in [4.78, 5) is 2.24. The first-order chi connectivity index (χ1) is 10.2. The summed E-state index contributed by atoms with van der Waals surface area (Å²) in [5, 5.41) is 0. The summed E-state index contributed by atoms with van der Waals surface area (Å²) < 4.78 is 11.1. The maximum absolute atomic E-state index is 5.81. The first-order valence-corrected chi connectivity index (χ1v) is 7.11. The minimum Gasteiger partial charge on any atom is -0.493 e. The van der Waals surface area contributed by atoms with Crippen molar-refractivity contribution in [2.45, 2.75) is 6.92 Å². The molecule has 0 bridgehead atoms. The smallest absolute Gasteiger partial charge is 0.161 e. The summed E-state index contributed by atoms with van der Waals surface area (Å²) in [5.41, 5.74) is 7.65. The number of nitrogen functional groups attached to an aromatic ring is 1. The van der Waals surface area contributed by atoms with Gasteiger partial charge in [0, 0.05) is 17.9 Å². The van der Waals surface area contributed by atoms with Crippen LogP contribution in [-0.4, -0.2) is 26.8 Å². The molecule has 2 N–H and O–H groups in total. The van der Waals surface area contributed by atoms with Crippen molar-refractivity contribution in [2.24, 2.45) is 0 Å². The largest absolute Gasteiger partial charge is 0.493 e. The number of hydrogen-bond donors (Lipinski definition) is 1. The molecule has 0 heterocycles. The van der Waals surface area contributed by atoms with Crippen molar-refractivity contribution < 1.29 is 9.47 Å². The highest BCUT2D eigenvalue weighted by atomic mass is 16.5. The van der Waals surface area contributed by atoms with E-state index in [-0.39, 0.29) is 0 Å². The van der Waals surface area contributed by atoms with Crippen LogP contribution < -0.4 is 20.1 Å². The van der Waals surface area contributed by atoms with E-state index in [0.717, 1.165) is 36.0 Å². The van der Waals surface area contributed by atoms with Gasteiger partial charge in [0.15, 0.2) is 11.5 Å². The molecule has 0 saturated heterocycles. The van der Waals surface area contributed by atoms with Gasteiger partial charge in [0.2, 0.25) is 0 Å². The molecular weight excluding hydrogens is 264 g/mol. The predicted octanol–water partition coefficient (Wildman–Crippen LogP) is 3.18. The van der Waals surface area contributed by atoms with Crippen molar-refractivity contribution in [3.63, 3.8) is 0 Å². The van der Waals surface area contributed by atoms with E-state index in [4.69, 9.17) is 15.2 Å². The number of methoxy groups -OCH3 is 1. The van der Waals surface area contributed by atoms with E-state index in [0.29, 0.717) is 6.61 Å². The average molecular weight is 286 g/mol. The zero-order valence-corrected chi connectivity index (χ0v) is 12.6. The minimum atomic E-state index is 0.596. The van der Waals surface area contributed by atoms with Crippen molar-refractivity contribution in [1.29, 1.82) is 0 Å². The average Bonchev–Trinajstić information content (AvgIpc) is 2.53. The van der Waals surface area contributed by atoms with Crippen molar-refractivity contribution in [1.82, 2.24) is 0 Å². The highest BCUT2D eigenvalue weighted by Crippen LogP contribution is 2.25. The number of likely N-dealkylation sites (N-methyl/N-ethyl adjacent to an activating group) is 1. The van der Waals surface area contributed by atoms with Gasteiger partial charge in [-0.3, -0.25) is 0 Å². The number of anilines is 2. The molecule has 0 saturated carbocycles. The van der Waals surface area contributed by atoms with Crippen LogP contribution in [0.1, 0.15) is 6.92 Å². The van der Waals surface area contributed by atoms with Gasteiger partial charge in [0.05, 0.1) is 13.7 Å². The summed E-state index contributed by atoms with van der Waals surface area (Å²) in [6.07, 6.45) is 0. The fourth-order valence-corrected chi connectivity index (χ4v) is 2.16. The Hall–Kier alpha value is -2.36. The number of benzene rings is 2. The molecule has 0 aliphatic carbocycles. The number of para-hydroxylation sites is 2. The molecule has 0 fully saturated rings. The molecule has 21 heavy (non-hydrogen) atoms. The van der Waals surface area contributed by atoms with Crippen LogP contribution >= 0.6 is 0 Å². The topological polar surface area (TPSA) is 47.7 Å². The Morgan fingerprint density at radius 1 is 1.00 bits per heavy atom. The Morgan fingerprint density at radius 2 is 1.67 bits per heavy atom. The molecule has 4 nitrogen and oxygen atoms in total. The molecule has 2 rings (SSSR count). The Labute approximate surface area is 126 Å². The molecule has 4 heteroatoms. The second kappa shape index (κ2) is 7.43. The van der Waals surface area contributed by atoms with Crippen molar-refractivity contribution in [3.05, 3.63) is 48.5 Å². The fraction of sp³-hybridized carbons (Fsp3) is 0.294. The van der Waals surface area contributed by atoms with E-state index < -0.39 is 0 Å². The summed E-state index contributed by atoms with van der Waals surface area (Å²) in [6, 6.07) is 15.6. The van der Waals surface area contributed by atoms with Gasteiger partial charge in [0.1, 0.15) is 6.61 Å². The second-order valence-electron chi connectivity index (χ2n) is 4.67. The molecule has 0 amide bonds. The third-order valence-electron chi connectivity index (χ3n) is 3.33. The van der Waals surface area contributed by atoms with Crippen molar-refractivity contribution in [2.75, 3.05) is 37.4 Å². The summed E-state index contributed by atoms with van der Waals surface area (Å²) >= 11 is 0. The van der Waals surface area contributed by atoms with Crippen molar-refractivity contribution in [3.8, 4) is 11.5 Å². The van der Waals surface area contributed by atoms with Crippen LogP contribution in [0.3, 0.4) is 0 Å². The highest BCUT2D eigenvalue weighted by molar-refractivity contribution is 5.53. The summed E-state index contributed by atoms with van der Waals surface area (Å²) in [7, 11) is 1.65. The maximum Gasteiger partial charge on any atom is 0.161 e. The van der Waals surface area contributed by atoms with E-state index in [9.17, 15) is 0 Å². The first kappa shape index (κ1) is 15.0. The van der Waals surface area contributed by atoms with E-state index in [1.54, 1.807) is 7.11 Å². The van der Waals surface area contributed by atoms with E-state index in [1.807, 2.05) is 48.5 Å². The van der Waals surface area contributed by atoms with Gasteiger partial charge in [-0.25, -0.2) is 0 Å². The second-order valence-corrected chi connectivity index (χ2v) is 4.67. The number of nitrogens with zero attached hydrogens (tertiary/aromatic N) is 1. The van der Waals surface area contributed by atoms with Gasteiger partial charge < -0.3 is 20.1 Å². The monoisotopic (exact) mass is 286 g/mol. The zero-order chi connectivity index (χ0) is 15.1. The molecule has 0 atom stereocenters.